The first-order valence-corrected chi connectivity index (χ1v) is 7.37. The van der Waals surface area contributed by atoms with E-state index in [-0.39, 0.29) is 5.91 Å². The first-order valence-electron chi connectivity index (χ1n) is 5.38. The Labute approximate surface area is 122 Å². The molecular weight excluding hydrogens is 338 g/mol. The third-order valence-corrected chi connectivity index (χ3v) is 4.32. The van der Waals surface area contributed by atoms with Gasteiger partial charge in [0.1, 0.15) is 0 Å². The molecule has 0 radical (unpaired) electrons. The van der Waals surface area contributed by atoms with E-state index >= 15 is 0 Å². The second-order valence-electron chi connectivity index (χ2n) is 3.63. The monoisotopic (exact) mass is 347 g/mol. The zero-order valence-electron chi connectivity index (χ0n) is 9.65. The van der Waals surface area contributed by atoms with Gasteiger partial charge >= 0.3 is 0 Å². The molecule has 0 unspecified atom stereocenters. The van der Waals surface area contributed by atoms with Crippen LogP contribution in [0.1, 0.15) is 22.2 Å². The fraction of sp³-hybridized carbons (Fsp3) is 0.250. The summed E-state index contributed by atoms with van der Waals surface area (Å²) in [6.07, 6.45) is 1.49. The van der Waals surface area contributed by atoms with E-state index < -0.39 is 0 Å². The topological polar surface area (TPSA) is 33.5 Å². The Morgan fingerprint density at radius 1 is 1.50 bits per heavy atom. The average Bonchev–Trinajstić information content (AvgIpc) is 2.94. The predicted octanol–water partition coefficient (Wildman–Crippen LogP) is 4.42. The number of hydrogen-bond donors (Lipinski definition) is 0. The van der Waals surface area contributed by atoms with Crippen molar-refractivity contribution in [1.82, 2.24) is 4.90 Å². The molecule has 0 aliphatic carbocycles. The second kappa shape index (κ2) is 5.91. The van der Waals surface area contributed by atoms with E-state index in [0.29, 0.717) is 23.3 Å². The van der Waals surface area contributed by atoms with Gasteiger partial charge in [-0.05, 0) is 41.1 Å². The summed E-state index contributed by atoms with van der Waals surface area (Å²) in [5.41, 5.74) is 0.541. The van der Waals surface area contributed by atoms with Crippen LogP contribution in [0.15, 0.2) is 33.5 Å². The van der Waals surface area contributed by atoms with Crippen molar-refractivity contribution >= 4 is 44.8 Å². The lowest BCUT2D eigenvalue weighted by Crippen LogP contribution is -2.29. The van der Waals surface area contributed by atoms with Crippen molar-refractivity contribution in [3.8, 4) is 0 Å². The molecule has 0 aromatic carbocycles. The van der Waals surface area contributed by atoms with Crippen LogP contribution in [0.2, 0.25) is 4.34 Å². The SMILES string of the molecule is CCN(Cc1ccc(Cl)s1)C(=O)c1ccoc1Br. The predicted molar refractivity (Wildman–Crippen MR) is 76.2 cm³/mol. The minimum atomic E-state index is -0.0531. The van der Waals surface area contributed by atoms with Crippen LogP contribution < -0.4 is 0 Å². The minimum absolute atomic E-state index is 0.0531. The van der Waals surface area contributed by atoms with Gasteiger partial charge in [0.25, 0.3) is 5.91 Å². The lowest BCUT2D eigenvalue weighted by atomic mass is 10.3. The van der Waals surface area contributed by atoms with Crippen molar-refractivity contribution in [3.63, 3.8) is 0 Å². The summed E-state index contributed by atoms with van der Waals surface area (Å²) in [5.74, 6) is -0.0531. The van der Waals surface area contributed by atoms with E-state index in [9.17, 15) is 4.79 Å². The van der Waals surface area contributed by atoms with E-state index in [0.717, 1.165) is 9.21 Å². The van der Waals surface area contributed by atoms with E-state index in [1.165, 1.54) is 17.6 Å². The van der Waals surface area contributed by atoms with E-state index in [1.807, 2.05) is 19.1 Å². The molecular formula is C12H11BrClNO2S. The zero-order chi connectivity index (χ0) is 13.1. The molecule has 3 nitrogen and oxygen atoms in total. The Morgan fingerprint density at radius 3 is 2.78 bits per heavy atom. The summed E-state index contributed by atoms with van der Waals surface area (Å²) in [6, 6.07) is 5.44. The number of rotatable bonds is 4. The molecule has 0 N–H and O–H groups in total. The van der Waals surface area contributed by atoms with Crippen LogP contribution in [-0.4, -0.2) is 17.4 Å². The smallest absolute Gasteiger partial charge is 0.258 e. The van der Waals surface area contributed by atoms with Crippen molar-refractivity contribution in [1.29, 1.82) is 0 Å². The molecule has 2 heterocycles. The molecule has 0 saturated carbocycles. The molecule has 2 aromatic heterocycles. The van der Waals surface area contributed by atoms with Gasteiger partial charge in [0.05, 0.1) is 22.7 Å². The molecule has 6 heteroatoms. The van der Waals surface area contributed by atoms with Crippen molar-refractivity contribution in [2.75, 3.05) is 6.54 Å². The summed E-state index contributed by atoms with van der Waals surface area (Å²) in [4.78, 5) is 15.1. The molecule has 0 fully saturated rings. The van der Waals surface area contributed by atoms with Gasteiger partial charge in [-0.1, -0.05) is 11.6 Å². The van der Waals surface area contributed by atoms with E-state index in [1.54, 1.807) is 11.0 Å². The van der Waals surface area contributed by atoms with Gasteiger partial charge in [-0.2, -0.15) is 0 Å². The van der Waals surface area contributed by atoms with E-state index in [2.05, 4.69) is 15.9 Å². The Kier molecular flexibility index (Phi) is 4.48. The van der Waals surface area contributed by atoms with Crippen LogP contribution in [-0.2, 0) is 6.54 Å². The Balaban J connectivity index is 2.14. The minimum Gasteiger partial charge on any atom is -0.457 e. The number of amides is 1. The number of thiophene rings is 1. The summed E-state index contributed by atoms with van der Waals surface area (Å²) in [5, 5.41) is 0. The van der Waals surface area contributed by atoms with Gasteiger partial charge in [-0.15, -0.1) is 11.3 Å². The van der Waals surface area contributed by atoms with Crippen LogP contribution in [0.5, 0.6) is 0 Å². The van der Waals surface area contributed by atoms with Gasteiger partial charge in [-0.25, -0.2) is 0 Å². The Hall–Kier alpha value is -0.780. The van der Waals surface area contributed by atoms with E-state index in [4.69, 9.17) is 16.0 Å². The molecule has 0 spiro atoms. The fourth-order valence-electron chi connectivity index (χ4n) is 1.57. The largest absolute Gasteiger partial charge is 0.457 e. The van der Waals surface area contributed by atoms with Gasteiger partial charge in [0.15, 0.2) is 4.67 Å². The lowest BCUT2D eigenvalue weighted by Gasteiger charge is -2.19. The third kappa shape index (κ3) is 2.96. The molecule has 0 aliphatic heterocycles. The first kappa shape index (κ1) is 13.6. The lowest BCUT2D eigenvalue weighted by molar-refractivity contribution is 0.0752. The average molecular weight is 349 g/mol. The van der Waals surface area contributed by atoms with Gasteiger partial charge in [-0.3, -0.25) is 4.79 Å². The molecule has 2 rings (SSSR count). The third-order valence-electron chi connectivity index (χ3n) is 2.49. The summed E-state index contributed by atoms with van der Waals surface area (Å²) >= 11 is 10.6. The number of halogens is 2. The molecule has 0 saturated heterocycles. The highest BCUT2D eigenvalue weighted by Crippen LogP contribution is 2.24. The number of furan rings is 1. The highest BCUT2D eigenvalue weighted by atomic mass is 79.9. The standard InChI is InChI=1S/C12H11BrClNO2S/c1-2-15(7-8-3-4-10(14)18-8)12(16)9-5-6-17-11(9)13/h3-6H,2,7H2,1H3. The highest BCUT2D eigenvalue weighted by Gasteiger charge is 2.19. The van der Waals surface area contributed by atoms with Crippen LogP contribution in [0.3, 0.4) is 0 Å². The Morgan fingerprint density at radius 2 is 2.28 bits per heavy atom. The molecule has 96 valence electrons. The van der Waals surface area contributed by atoms with Crippen molar-refractivity contribution in [2.24, 2.45) is 0 Å². The quantitative estimate of drug-likeness (QED) is 0.819. The zero-order valence-corrected chi connectivity index (χ0v) is 12.8. The molecule has 0 atom stereocenters. The number of carbonyl (C=O) groups excluding carboxylic acids is 1. The van der Waals surface area contributed by atoms with Crippen LogP contribution in [0, 0.1) is 0 Å². The Bertz CT molecular complexity index is 552. The molecule has 2 aromatic rings. The first-order chi connectivity index (χ1) is 8.61. The molecule has 18 heavy (non-hydrogen) atoms. The van der Waals surface area contributed by atoms with Gasteiger partial charge < -0.3 is 9.32 Å². The highest BCUT2D eigenvalue weighted by molar-refractivity contribution is 9.10. The van der Waals surface area contributed by atoms with Gasteiger partial charge in [0, 0.05) is 11.4 Å². The maximum absolute atomic E-state index is 12.3. The van der Waals surface area contributed by atoms with Crippen molar-refractivity contribution in [3.05, 3.63) is 43.9 Å². The maximum atomic E-state index is 12.3. The summed E-state index contributed by atoms with van der Waals surface area (Å²) in [7, 11) is 0. The fourth-order valence-corrected chi connectivity index (χ4v) is 3.08. The molecule has 0 bridgehead atoms. The number of hydrogen-bond acceptors (Lipinski definition) is 3. The molecule has 1 amide bonds. The summed E-state index contributed by atoms with van der Waals surface area (Å²) < 4.78 is 6.29. The molecule has 0 aliphatic rings. The van der Waals surface area contributed by atoms with Crippen molar-refractivity contribution in [2.45, 2.75) is 13.5 Å². The van der Waals surface area contributed by atoms with Crippen LogP contribution >= 0.6 is 38.9 Å². The normalized spacial score (nSPS) is 10.6. The van der Waals surface area contributed by atoms with Crippen LogP contribution in [0.25, 0.3) is 0 Å². The van der Waals surface area contributed by atoms with Crippen molar-refractivity contribution < 1.29 is 9.21 Å². The van der Waals surface area contributed by atoms with Gasteiger partial charge in [0.2, 0.25) is 0 Å². The number of nitrogens with zero attached hydrogens (tertiary/aromatic N) is 1. The second-order valence-corrected chi connectivity index (χ2v) is 6.15. The number of carbonyl (C=O) groups is 1. The van der Waals surface area contributed by atoms with Crippen LogP contribution in [0.4, 0.5) is 0 Å². The summed E-state index contributed by atoms with van der Waals surface area (Å²) in [6.45, 7) is 3.14. The maximum Gasteiger partial charge on any atom is 0.258 e.